The van der Waals surface area contributed by atoms with Crippen molar-refractivity contribution in [1.29, 1.82) is 0 Å². The summed E-state index contributed by atoms with van der Waals surface area (Å²) in [6, 6.07) is 0.986. The Bertz CT molecular complexity index is 577. The summed E-state index contributed by atoms with van der Waals surface area (Å²) < 4.78 is 29.6. The largest absolute Gasteiger partial charge is 0.477 e. The van der Waals surface area contributed by atoms with Gasteiger partial charge in [0.05, 0.1) is 12.0 Å². The number of hydrogen-bond donors (Lipinski definition) is 3. The number of nitrogens with one attached hydrogen (secondary N) is 1. The number of carboxylic acids is 1. The molecule has 3 N–H and O–H groups in total. The molecule has 0 amide bonds. The molecule has 0 radical (unpaired) electrons. The molecule has 1 aromatic heterocycles. The van der Waals surface area contributed by atoms with Crippen molar-refractivity contribution < 1.29 is 33.0 Å². The van der Waals surface area contributed by atoms with Crippen molar-refractivity contribution >= 4 is 33.3 Å². The Morgan fingerprint density at radius 3 is 2.63 bits per heavy atom. The van der Waals surface area contributed by atoms with Crippen molar-refractivity contribution in [2.75, 3.05) is 13.7 Å². The van der Waals surface area contributed by atoms with Gasteiger partial charge in [0.25, 0.3) is 0 Å². The number of esters is 1. The summed E-state index contributed by atoms with van der Waals surface area (Å²) in [5.41, 5.74) is 0. The minimum absolute atomic E-state index is 0.131. The third kappa shape index (κ3) is 3.99. The summed E-state index contributed by atoms with van der Waals surface area (Å²) in [7, 11) is -2.93. The summed E-state index contributed by atoms with van der Waals surface area (Å²) in [5.74, 6) is -2.21. The number of thiophene rings is 1. The van der Waals surface area contributed by atoms with Gasteiger partial charge >= 0.3 is 11.9 Å². The molecule has 0 aliphatic carbocycles. The van der Waals surface area contributed by atoms with Crippen LogP contribution >= 0.6 is 11.3 Å². The zero-order chi connectivity index (χ0) is 14.6. The maximum atomic E-state index is 11.7. The number of ether oxygens (including phenoxy) is 1. The molecule has 0 bridgehead atoms. The van der Waals surface area contributed by atoms with Gasteiger partial charge in [0, 0.05) is 11.9 Å². The van der Waals surface area contributed by atoms with Gasteiger partial charge in [-0.25, -0.2) is 22.7 Å². The standard InChI is InChI=1S/C9H11NO7S2/c1-17-9(14)6(11)3-10-19(15,16)5-2-7(8(12)13)18-4-5/h2,4,6,10-11H,3H2,1H3,(H,12,13). The highest BCUT2D eigenvalue weighted by Gasteiger charge is 2.22. The molecule has 0 aliphatic rings. The zero-order valence-electron chi connectivity index (χ0n) is 9.69. The summed E-state index contributed by atoms with van der Waals surface area (Å²) in [6.45, 7) is -0.562. The summed E-state index contributed by atoms with van der Waals surface area (Å²) >= 11 is 0.757. The molecular weight excluding hydrogens is 298 g/mol. The van der Waals surface area contributed by atoms with Gasteiger partial charge in [-0.3, -0.25) is 0 Å². The number of carbonyl (C=O) groups is 2. The van der Waals surface area contributed by atoms with Gasteiger partial charge in [-0.1, -0.05) is 0 Å². The molecule has 1 unspecified atom stereocenters. The van der Waals surface area contributed by atoms with E-state index in [-0.39, 0.29) is 9.77 Å². The molecule has 1 atom stereocenters. The number of carbonyl (C=O) groups excluding carboxylic acids is 1. The predicted molar refractivity (Wildman–Crippen MR) is 64.5 cm³/mol. The first-order valence-electron chi connectivity index (χ1n) is 4.85. The first kappa shape index (κ1) is 15.6. The van der Waals surface area contributed by atoms with Crippen LogP contribution in [0, 0.1) is 0 Å². The van der Waals surface area contributed by atoms with Crippen molar-refractivity contribution in [2.24, 2.45) is 0 Å². The molecule has 8 nitrogen and oxygen atoms in total. The Morgan fingerprint density at radius 2 is 2.16 bits per heavy atom. The van der Waals surface area contributed by atoms with E-state index in [1.54, 1.807) is 0 Å². The third-order valence-electron chi connectivity index (χ3n) is 2.04. The molecule has 0 saturated carbocycles. The third-order valence-corrected chi connectivity index (χ3v) is 4.51. The van der Waals surface area contributed by atoms with Crippen molar-refractivity contribution in [2.45, 2.75) is 11.0 Å². The lowest BCUT2D eigenvalue weighted by atomic mass is 10.4. The summed E-state index contributed by atoms with van der Waals surface area (Å²) in [6.07, 6.45) is -1.63. The van der Waals surface area contributed by atoms with E-state index in [1.165, 1.54) is 0 Å². The summed E-state index contributed by atoms with van der Waals surface area (Å²) in [4.78, 5) is 21.1. The van der Waals surface area contributed by atoms with E-state index in [4.69, 9.17) is 5.11 Å². The van der Waals surface area contributed by atoms with Crippen molar-refractivity contribution in [3.05, 3.63) is 16.3 Å². The Morgan fingerprint density at radius 1 is 1.53 bits per heavy atom. The van der Waals surface area contributed by atoms with E-state index < -0.39 is 34.6 Å². The van der Waals surface area contributed by atoms with Gasteiger partial charge < -0.3 is 14.9 Å². The van der Waals surface area contributed by atoms with Crippen molar-refractivity contribution in [1.82, 2.24) is 4.72 Å². The summed E-state index contributed by atoms with van der Waals surface area (Å²) in [5, 5.41) is 19.1. The number of sulfonamides is 1. The van der Waals surface area contributed by atoms with Crippen LogP contribution in [-0.4, -0.2) is 50.3 Å². The van der Waals surface area contributed by atoms with Crippen LogP contribution in [0.2, 0.25) is 0 Å². The Labute approximate surface area is 112 Å². The fraction of sp³-hybridized carbons (Fsp3) is 0.333. The number of methoxy groups -OCH3 is 1. The van der Waals surface area contributed by atoms with E-state index in [1.807, 2.05) is 4.72 Å². The van der Waals surface area contributed by atoms with Crippen molar-refractivity contribution in [3.8, 4) is 0 Å². The molecule has 10 heteroatoms. The number of hydrogen-bond acceptors (Lipinski definition) is 7. The minimum atomic E-state index is -3.98. The van der Waals surface area contributed by atoms with E-state index in [0.717, 1.165) is 29.9 Å². The van der Waals surface area contributed by atoms with Gasteiger partial charge in [0.2, 0.25) is 10.0 Å². The monoisotopic (exact) mass is 309 g/mol. The van der Waals surface area contributed by atoms with E-state index in [2.05, 4.69) is 4.74 Å². The van der Waals surface area contributed by atoms with Gasteiger partial charge in [-0.2, -0.15) is 0 Å². The SMILES string of the molecule is COC(=O)C(O)CNS(=O)(=O)c1csc(C(=O)O)c1. The quantitative estimate of drug-likeness (QED) is 0.590. The Kier molecular flexibility index (Phi) is 5.00. The molecule has 106 valence electrons. The van der Waals surface area contributed by atoms with E-state index in [9.17, 15) is 23.1 Å². The van der Waals surface area contributed by atoms with Crippen LogP contribution in [0.3, 0.4) is 0 Å². The van der Waals surface area contributed by atoms with Gasteiger partial charge in [0.15, 0.2) is 6.10 Å². The molecule has 0 aliphatic heterocycles. The number of aliphatic hydroxyl groups is 1. The second-order valence-corrected chi connectivity index (χ2v) is 6.02. The fourth-order valence-electron chi connectivity index (χ4n) is 1.06. The highest BCUT2D eigenvalue weighted by molar-refractivity contribution is 7.89. The predicted octanol–water partition coefficient (Wildman–Crippen LogP) is -0.742. The van der Waals surface area contributed by atoms with Crippen LogP contribution in [0.5, 0.6) is 0 Å². The highest BCUT2D eigenvalue weighted by atomic mass is 32.2. The second-order valence-electron chi connectivity index (χ2n) is 3.34. The van der Waals surface area contributed by atoms with Gasteiger partial charge in [0.1, 0.15) is 4.88 Å². The molecule has 1 heterocycles. The highest BCUT2D eigenvalue weighted by Crippen LogP contribution is 2.18. The smallest absolute Gasteiger partial charge is 0.345 e. The lowest BCUT2D eigenvalue weighted by Gasteiger charge is -2.09. The molecule has 0 fully saturated rings. The molecular formula is C9H11NO7S2. The maximum Gasteiger partial charge on any atom is 0.345 e. The molecule has 19 heavy (non-hydrogen) atoms. The Hall–Kier alpha value is -1.49. The van der Waals surface area contributed by atoms with Gasteiger partial charge in [-0.05, 0) is 6.07 Å². The van der Waals surface area contributed by atoms with E-state index in [0.29, 0.717) is 0 Å². The molecule has 1 aromatic rings. The first-order valence-corrected chi connectivity index (χ1v) is 7.21. The number of rotatable bonds is 6. The first-order chi connectivity index (χ1) is 8.77. The average Bonchev–Trinajstić information content (AvgIpc) is 2.85. The van der Waals surface area contributed by atoms with Crippen LogP contribution in [0.4, 0.5) is 0 Å². The fourth-order valence-corrected chi connectivity index (χ4v) is 3.21. The number of aliphatic hydroxyl groups excluding tert-OH is 1. The van der Waals surface area contributed by atoms with E-state index >= 15 is 0 Å². The van der Waals surface area contributed by atoms with Crippen LogP contribution in [0.15, 0.2) is 16.3 Å². The second kappa shape index (κ2) is 6.10. The van der Waals surface area contributed by atoms with Crippen LogP contribution in [-0.2, 0) is 19.6 Å². The topological polar surface area (TPSA) is 130 Å². The normalized spacial score (nSPS) is 12.9. The molecule has 0 aromatic carbocycles. The van der Waals surface area contributed by atoms with Gasteiger partial charge in [-0.15, -0.1) is 11.3 Å². The van der Waals surface area contributed by atoms with Crippen LogP contribution in [0.1, 0.15) is 9.67 Å². The number of aromatic carboxylic acids is 1. The lowest BCUT2D eigenvalue weighted by molar-refractivity contribution is -0.149. The van der Waals surface area contributed by atoms with Crippen molar-refractivity contribution in [3.63, 3.8) is 0 Å². The molecule has 0 spiro atoms. The van der Waals surface area contributed by atoms with Crippen LogP contribution in [0.25, 0.3) is 0 Å². The maximum absolute atomic E-state index is 11.7. The minimum Gasteiger partial charge on any atom is -0.477 e. The Balaban J connectivity index is 2.75. The molecule has 0 saturated heterocycles. The average molecular weight is 309 g/mol. The lowest BCUT2D eigenvalue weighted by Crippen LogP contribution is -2.37. The molecule has 1 rings (SSSR count). The number of carboxylic acid groups (broad SMARTS) is 1. The van der Waals surface area contributed by atoms with Crippen LogP contribution < -0.4 is 4.72 Å². The zero-order valence-corrected chi connectivity index (χ0v) is 11.3.